The van der Waals surface area contributed by atoms with E-state index >= 15 is 0 Å². The highest BCUT2D eigenvalue weighted by Gasteiger charge is 2.70. The van der Waals surface area contributed by atoms with E-state index in [0.717, 1.165) is 71.6 Å². The van der Waals surface area contributed by atoms with Crippen molar-refractivity contribution in [2.24, 2.45) is 11.3 Å². The summed E-state index contributed by atoms with van der Waals surface area (Å²) in [5, 5.41) is 0. The molecule has 6 rings (SSSR count). The number of carbonyl (C=O) groups excluding carboxylic acids is 1. The first kappa shape index (κ1) is 24.7. The lowest BCUT2D eigenvalue weighted by molar-refractivity contribution is -0.230. The number of hydrogen-bond donors (Lipinski definition) is 0. The van der Waals surface area contributed by atoms with Crippen molar-refractivity contribution in [3.8, 4) is 11.5 Å². The summed E-state index contributed by atoms with van der Waals surface area (Å²) in [6.07, 6.45) is 14.1. The van der Waals surface area contributed by atoms with Crippen LogP contribution in [0.4, 0.5) is 0 Å². The Kier molecular flexibility index (Phi) is 6.27. The summed E-state index contributed by atoms with van der Waals surface area (Å²) in [6.45, 7) is 2.04. The molecule has 2 aliphatic heterocycles. The van der Waals surface area contributed by atoms with Crippen LogP contribution in [0.2, 0.25) is 0 Å². The van der Waals surface area contributed by atoms with Gasteiger partial charge in [0.25, 0.3) is 0 Å². The van der Waals surface area contributed by atoms with Crippen molar-refractivity contribution in [3.05, 3.63) is 94.8 Å². The molecule has 4 atom stereocenters. The molecule has 0 aromatic heterocycles. The lowest BCUT2D eigenvalue weighted by Crippen LogP contribution is -2.44. The van der Waals surface area contributed by atoms with Gasteiger partial charge in [-0.25, -0.2) is 0 Å². The van der Waals surface area contributed by atoms with Gasteiger partial charge in [-0.1, -0.05) is 66.8 Å². The zero-order valence-electron chi connectivity index (χ0n) is 22.2. The fourth-order valence-electron chi connectivity index (χ4n) is 6.60. The van der Waals surface area contributed by atoms with Crippen LogP contribution in [0.3, 0.4) is 0 Å². The predicted octanol–water partition coefficient (Wildman–Crippen LogP) is 6.91. The van der Waals surface area contributed by atoms with E-state index in [-0.39, 0.29) is 11.7 Å². The Hall–Kier alpha value is -3.57. The summed E-state index contributed by atoms with van der Waals surface area (Å²) in [5.74, 6) is 1.64. The SMILES string of the molecule is COc1ccccc1/C=C/C=C1/CCC2=C1O[C@@]13CCC[C@]1(C)C(=O)[C@@H](O3)[C@@H]2/C=C/c1ccccc1OC. The van der Waals surface area contributed by atoms with Crippen LogP contribution >= 0.6 is 0 Å². The van der Waals surface area contributed by atoms with Crippen molar-refractivity contribution in [1.82, 2.24) is 0 Å². The minimum atomic E-state index is -0.891. The molecule has 2 fully saturated rings. The largest absolute Gasteiger partial charge is 0.496 e. The molecular weight excluding hydrogens is 476 g/mol. The van der Waals surface area contributed by atoms with E-state index in [9.17, 15) is 4.79 Å². The van der Waals surface area contributed by atoms with Crippen LogP contribution in [-0.4, -0.2) is 31.9 Å². The molecule has 0 radical (unpaired) electrons. The Morgan fingerprint density at radius 2 is 1.61 bits per heavy atom. The number of para-hydroxylation sites is 2. The maximum Gasteiger partial charge on any atom is 0.223 e. The van der Waals surface area contributed by atoms with Gasteiger partial charge in [0.1, 0.15) is 23.4 Å². The summed E-state index contributed by atoms with van der Waals surface area (Å²) in [7, 11) is 3.36. The van der Waals surface area contributed by atoms with Gasteiger partial charge in [0, 0.05) is 23.5 Å². The van der Waals surface area contributed by atoms with Crippen molar-refractivity contribution >= 4 is 17.9 Å². The van der Waals surface area contributed by atoms with Gasteiger partial charge in [-0.05, 0) is 55.9 Å². The monoisotopic (exact) mass is 510 g/mol. The Morgan fingerprint density at radius 3 is 2.32 bits per heavy atom. The molecule has 0 N–H and O–H groups in total. The van der Waals surface area contributed by atoms with E-state index in [1.807, 2.05) is 55.5 Å². The molecule has 4 aliphatic rings. The van der Waals surface area contributed by atoms with Gasteiger partial charge in [0.2, 0.25) is 5.79 Å². The standard InChI is InChI=1S/C33H34O5/c1-32-20-9-21-33(32)37-29-24(13-8-12-22-10-4-6-14-27(22)35-2)17-19-25(29)26(30(38-33)31(32)34)18-16-23-11-5-7-15-28(23)36-3/h4-8,10-16,18,26,30H,9,17,19-21H2,1-3H3/b12-8+,18-16+,24-13-/t26-,30+,32-,33-/m1/s1. The van der Waals surface area contributed by atoms with E-state index in [1.54, 1.807) is 14.2 Å². The summed E-state index contributed by atoms with van der Waals surface area (Å²) in [5.41, 5.74) is 3.66. The number of carbonyl (C=O) groups is 1. The Bertz CT molecular complexity index is 1380. The van der Waals surface area contributed by atoms with Gasteiger partial charge >= 0.3 is 0 Å². The van der Waals surface area contributed by atoms with Crippen LogP contribution in [0, 0.1) is 11.3 Å². The summed E-state index contributed by atoms with van der Waals surface area (Å²) in [6, 6.07) is 15.9. The van der Waals surface area contributed by atoms with Crippen LogP contribution in [0.25, 0.3) is 12.2 Å². The highest BCUT2D eigenvalue weighted by Crippen LogP contribution is 2.61. The zero-order valence-corrected chi connectivity index (χ0v) is 22.2. The van der Waals surface area contributed by atoms with Gasteiger partial charge in [-0.2, -0.15) is 0 Å². The molecule has 2 aromatic rings. The van der Waals surface area contributed by atoms with Crippen molar-refractivity contribution in [2.75, 3.05) is 14.2 Å². The van der Waals surface area contributed by atoms with Crippen LogP contribution < -0.4 is 9.47 Å². The highest BCUT2D eigenvalue weighted by atomic mass is 16.7. The maximum atomic E-state index is 13.8. The molecule has 1 spiro atoms. The first-order valence-corrected chi connectivity index (χ1v) is 13.5. The number of methoxy groups -OCH3 is 2. The quantitative estimate of drug-likeness (QED) is 0.423. The number of ketones is 1. The van der Waals surface area contributed by atoms with Crippen LogP contribution in [0.5, 0.6) is 11.5 Å². The molecule has 0 amide bonds. The van der Waals surface area contributed by atoms with Crippen LogP contribution in [-0.2, 0) is 14.3 Å². The van der Waals surface area contributed by atoms with E-state index in [0.29, 0.717) is 0 Å². The minimum absolute atomic E-state index is 0.171. The number of hydrogen-bond acceptors (Lipinski definition) is 5. The summed E-state index contributed by atoms with van der Waals surface area (Å²) in [4.78, 5) is 13.8. The molecule has 5 nitrogen and oxygen atoms in total. The second kappa shape index (κ2) is 9.63. The fourth-order valence-corrected chi connectivity index (χ4v) is 6.60. The van der Waals surface area contributed by atoms with E-state index < -0.39 is 17.3 Å². The van der Waals surface area contributed by atoms with Gasteiger partial charge < -0.3 is 18.9 Å². The lowest BCUT2D eigenvalue weighted by atomic mass is 9.76. The van der Waals surface area contributed by atoms with Gasteiger partial charge in [-0.15, -0.1) is 0 Å². The molecule has 2 heterocycles. The second-order valence-electron chi connectivity index (χ2n) is 10.7. The van der Waals surface area contributed by atoms with Gasteiger partial charge in [-0.3, -0.25) is 4.79 Å². The van der Waals surface area contributed by atoms with E-state index in [4.69, 9.17) is 18.9 Å². The summed E-state index contributed by atoms with van der Waals surface area (Å²) >= 11 is 0. The highest BCUT2D eigenvalue weighted by molar-refractivity contribution is 5.93. The van der Waals surface area contributed by atoms with E-state index in [1.165, 1.54) is 0 Å². The Labute approximate surface area is 224 Å². The normalized spacial score (nSPS) is 31.1. The third-order valence-electron chi connectivity index (χ3n) is 8.72. The maximum absolute atomic E-state index is 13.8. The Morgan fingerprint density at radius 1 is 0.921 bits per heavy atom. The first-order chi connectivity index (χ1) is 18.5. The average molecular weight is 511 g/mol. The molecule has 38 heavy (non-hydrogen) atoms. The molecule has 1 saturated carbocycles. The van der Waals surface area contributed by atoms with E-state index in [2.05, 4.69) is 30.4 Å². The van der Waals surface area contributed by atoms with Crippen molar-refractivity contribution in [2.45, 2.75) is 50.9 Å². The minimum Gasteiger partial charge on any atom is -0.496 e. The molecule has 0 unspecified atom stereocenters. The molecule has 5 heteroatoms. The molecule has 2 aromatic carbocycles. The zero-order chi connectivity index (χ0) is 26.3. The third kappa shape index (κ3) is 3.83. The smallest absolute Gasteiger partial charge is 0.223 e. The van der Waals surface area contributed by atoms with Crippen molar-refractivity contribution < 1.29 is 23.7 Å². The van der Waals surface area contributed by atoms with Crippen molar-refractivity contribution in [1.29, 1.82) is 0 Å². The predicted molar refractivity (Wildman–Crippen MR) is 148 cm³/mol. The fraction of sp³-hybridized carbons (Fsp3) is 0.364. The second-order valence-corrected chi connectivity index (χ2v) is 10.7. The molecule has 196 valence electrons. The van der Waals surface area contributed by atoms with Gasteiger partial charge in [0.05, 0.1) is 19.6 Å². The molecular formula is C33H34O5. The number of fused-ring (bicyclic) bond motifs is 1. The molecule has 2 bridgehead atoms. The number of ether oxygens (including phenoxy) is 4. The van der Waals surface area contributed by atoms with Crippen LogP contribution in [0.15, 0.2) is 83.7 Å². The van der Waals surface area contributed by atoms with Crippen LogP contribution in [0.1, 0.15) is 50.2 Å². The number of benzene rings is 2. The summed E-state index contributed by atoms with van der Waals surface area (Å²) < 4.78 is 24.5. The lowest BCUT2D eigenvalue weighted by Gasteiger charge is -2.35. The number of Topliss-reactive ketones (excluding diaryl/α,β-unsaturated/α-hetero) is 1. The Balaban J connectivity index is 1.40. The van der Waals surface area contributed by atoms with Crippen molar-refractivity contribution in [3.63, 3.8) is 0 Å². The molecule has 1 saturated heterocycles. The number of allylic oxidation sites excluding steroid dienone is 3. The topological polar surface area (TPSA) is 54.0 Å². The van der Waals surface area contributed by atoms with Gasteiger partial charge in [0.15, 0.2) is 5.78 Å². The average Bonchev–Trinajstić information content (AvgIpc) is 3.50. The first-order valence-electron chi connectivity index (χ1n) is 13.5. The number of rotatable bonds is 6. The third-order valence-corrected chi connectivity index (χ3v) is 8.72. The molecule has 2 aliphatic carbocycles.